The van der Waals surface area contributed by atoms with Gasteiger partial charge in [-0.3, -0.25) is 10.1 Å². The zero-order chi connectivity index (χ0) is 19.4. The highest BCUT2D eigenvalue weighted by molar-refractivity contribution is 7.80. The van der Waals surface area contributed by atoms with Gasteiger partial charge in [0.15, 0.2) is 10.2 Å². The molecule has 0 radical (unpaired) electrons. The van der Waals surface area contributed by atoms with Gasteiger partial charge >= 0.3 is 0 Å². The summed E-state index contributed by atoms with van der Waals surface area (Å²) in [4.78, 5) is 16.9. The van der Waals surface area contributed by atoms with E-state index in [0.717, 1.165) is 16.0 Å². The van der Waals surface area contributed by atoms with Gasteiger partial charge in [0.25, 0.3) is 5.91 Å². The van der Waals surface area contributed by atoms with E-state index in [1.165, 1.54) is 11.3 Å². The molecule has 0 unspecified atom stereocenters. The number of aromatic nitrogens is 1. The van der Waals surface area contributed by atoms with Crippen molar-refractivity contribution in [3.05, 3.63) is 48.0 Å². The number of hydrogen-bond donors (Lipinski definition) is 2. The molecule has 27 heavy (non-hydrogen) atoms. The molecule has 0 aliphatic heterocycles. The Labute approximate surface area is 166 Å². The van der Waals surface area contributed by atoms with Crippen molar-refractivity contribution in [2.45, 2.75) is 20.0 Å². The number of ether oxygens (including phenoxy) is 2. The quantitative estimate of drug-likeness (QED) is 0.624. The van der Waals surface area contributed by atoms with E-state index in [0.29, 0.717) is 16.4 Å². The molecule has 0 saturated heterocycles. The third-order valence-electron chi connectivity index (χ3n) is 3.51. The normalized spacial score (nSPS) is 10.7. The van der Waals surface area contributed by atoms with Gasteiger partial charge in [-0.15, -0.1) is 0 Å². The molecule has 2 aromatic carbocycles. The van der Waals surface area contributed by atoms with E-state index in [1.807, 2.05) is 38.1 Å². The maximum atomic E-state index is 12.4. The Morgan fingerprint density at radius 2 is 2.00 bits per heavy atom. The van der Waals surface area contributed by atoms with Crippen LogP contribution in [0.1, 0.15) is 24.2 Å². The van der Waals surface area contributed by atoms with Crippen LogP contribution < -0.4 is 20.1 Å². The monoisotopic (exact) mass is 401 g/mol. The summed E-state index contributed by atoms with van der Waals surface area (Å²) in [5.41, 5.74) is 1.29. The summed E-state index contributed by atoms with van der Waals surface area (Å²) in [6.45, 7) is 3.86. The maximum Gasteiger partial charge on any atom is 0.257 e. The van der Waals surface area contributed by atoms with Gasteiger partial charge in [0, 0.05) is 5.56 Å². The first-order chi connectivity index (χ1) is 12.9. The van der Waals surface area contributed by atoms with Crippen LogP contribution in [-0.2, 0) is 0 Å². The van der Waals surface area contributed by atoms with E-state index < -0.39 is 0 Å². The first kappa shape index (κ1) is 19.1. The maximum absolute atomic E-state index is 12.4. The number of hydrogen-bond acceptors (Lipinski definition) is 6. The first-order valence-corrected chi connectivity index (χ1v) is 9.50. The van der Waals surface area contributed by atoms with E-state index in [4.69, 9.17) is 21.7 Å². The first-order valence-electron chi connectivity index (χ1n) is 8.28. The summed E-state index contributed by atoms with van der Waals surface area (Å²) < 4.78 is 11.8. The summed E-state index contributed by atoms with van der Waals surface area (Å²) in [5.74, 6) is 1.08. The molecule has 3 aromatic rings. The number of fused-ring (bicyclic) bond motifs is 1. The topological polar surface area (TPSA) is 72.5 Å². The highest BCUT2D eigenvalue weighted by Gasteiger charge is 2.11. The van der Waals surface area contributed by atoms with Gasteiger partial charge in [0.05, 0.1) is 23.4 Å². The van der Waals surface area contributed by atoms with Gasteiger partial charge in [-0.25, -0.2) is 4.98 Å². The van der Waals surface area contributed by atoms with E-state index in [1.54, 1.807) is 25.3 Å². The predicted octanol–water partition coefficient (Wildman–Crippen LogP) is 4.22. The van der Waals surface area contributed by atoms with Crippen molar-refractivity contribution in [3.8, 4) is 11.5 Å². The molecule has 0 spiro atoms. The van der Waals surface area contributed by atoms with Crippen LogP contribution in [-0.4, -0.2) is 29.2 Å². The van der Waals surface area contributed by atoms with Crippen molar-refractivity contribution >= 4 is 49.9 Å². The third kappa shape index (κ3) is 4.93. The lowest BCUT2D eigenvalue weighted by atomic mass is 10.2. The lowest BCUT2D eigenvalue weighted by molar-refractivity contribution is 0.0977. The molecule has 140 valence electrons. The summed E-state index contributed by atoms with van der Waals surface area (Å²) in [7, 11) is 1.62. The van der Waals surface area contributed by atoms with Crippen LogP contribution in [0.5, 0.6) is 11.5 Å². The van der Waals surface area contributed by atoms with Crippen LogP contribution in [0.4, 0.5) is 5.13 Å². The van der Waals surface area contributed by atoms with Crippen molar-refractivity contribution < 1.29 is 14.3 Å². The number of thiazole rings is 1. The SMILES string of the molecule is COc1ccc2nc(NC(=S)NC(=O)c3cccc(OC(C)C)c3)sc2c1. The summed E-state index contributed by atoms with van der Waals surface area (Å²) in [6, 6.07) is 12.6. The van der Waals surface area contributed by atoms with Crippen molar-refractivity contribution in [1.29, 1.82) is 0 Å². The lowest BCUT2D eigenvalue weighted by Crippen LogP contribution is -2.34. The fourth-order valence-corrected chi connectivity index (χ4v) is 3.52. The Morgan fingerprint density at radius 3 is 2.74 bits per heavy atom. The Hall–Kier alpha value is -2.71. The van der Waals surface area contributed by atoms with Crippen LogP contribution in [0.25, 0.3) is 10.2 Å². The summed E-state index contributed by atoms with van der Waals surface area (Å²) >= 11 is 6.66. The number of methoxy groups -OCH3 is 1. The molecular weight excluding hydrogens is 382 g/mol. The van der Waals surface area contributed by atoms with Gasteiger partial charge in [-0.1, -0.05) is 17.4 Å². The van der Waals surface area contributed by atoms with Gasteiger partial charge in [0.1, 0.15) is 11.5 Å². The Bertz CT molecular complexity index is 985. The van der Waals surface area contributed by atoms with Crippen LogP contribution in [0, 0.1) is 0 Å². The smallest absolute Gasteiger partial charge is 0.257 e. The molecule has 1 amide bonds. The van der Waals surface area contributed by atoms with Gasteiger partial charge in [0.2, 0.25) is 0 Å². The molecule has 0 aliphatic rings. The molecular formula is C19H19N3O3S2. The largest absolute Gasteiger partial charge is 0.497 e. The number of nitrogens with zero attached hydrogens (tertiary/aromatic N) is 1. The number of carbonyl (C=O) groups is 1. The molecule has 0 fully saturated rings. The average molecular weight is 402 g/mol. The van der Waals surface area contributed by atoms with Crippen LogP contribution in [0.3, 0.4) is 0 Å². The fourth-order valence-electron chi connectivity index (χ4n) is 2.37. The van der Waals surface area contributed by atoms with Crippen molar-refractivity contribution in [2.24, 2.45) is 0 Å². The average Bonchev–Trinajstić information content (AvgIpc) is 3.02. The highest BCUT2D eigenvalue weighted by Crippen LogP contribution is 2.29. The number of benzene rings is 2. The van der Waals surface area contributed by atoms with Crippen LogP contribution >= 0.6 is 23.6 Å². The summed E-state index contributed by atoms with van der Waals surface area (Å²) in [5, 5.41) is 6.39. The molecule has 0 atom stereocenters. The molecule has 0 bridgehead atoms. The van der Waals surface area contributed by atoms with Gasteiger partial charge in [-0.2, -0.15) is 0 Å². The highest BCUT2D eigenvalue weighted by atomic mass is 32.1. The number of amides is 1. The van der Waals surface area contributed by atoms with E-state index >= 15 is 0 Å². The number of carbonyl (C=O) groups excluding carboxylic acids is 1. The number of rotatable bonds is 5. The Balaban J connectivity index is 1.66. The second-order valence-corrected chi connectivity index (χ2v) is 7.39. The number of thiocarbonyl (C=S) groups is 1. The molecule has 1 heterocycles. The Morgan fingerprint density at radius 1 is 1.19 bits per heavy atom. The number of anilines is 1. The fraction of sp³-hybridized carbons (Fsp3) is 0.211. The molecule has 3 rings (SSSR count). The molecule has 0 aliphatic carbocycles. The van der Waals surface area contributed by atoms with Gasteiger partial charge in [-0.05, 0) is 62.5 Å². The van der Waals surface area contributed by atoms with Crippen LogP contribution in [0.15, 0.2) is 42.5 Å². The number of nitrogens with one attached hydrogen (secondary N) is 2. The van der Waals surface area contributed by atoms with Crippen molar-refractivity contribution in [2.75, 3.05) is 12.4 Å². The second kappa shape index (κ2) is 8.32. The third-order valence-corrected chi connectivity index (χ3v) is 4.65. The lowest BCUT2D eigenvalue weighted by Gasteiger charge is -2.11. The standard InChI is InChI=1S/C19H19N3O3S2/c1-11(2)25-14-6-4-5-12(9-14)17(23)21-18(26)22-19-20-15-8-7-13(24-3)10-16(15)27-19/h4-11H,1-3H3,(H2,20,21,22,23,26). The van der Waals surface area contributed by atoms with E-state index in [-0.39, 0.29) is 17.1 Å². The molecule has 8 heteroatoms. The zero-order valence-corrected chi connectivity index (χ0v) is 16.7. The van der Waals surface area contributed by atoms with Crippen molar-refractivity contribution in [1.82, 2.24) is 10.3 Å². The van der Waals surface area contributed by atoms with Crippen molar-refractivity contribution in [3.63, 3.8) is 0 Å². The summed E-state index contributed by atoms with van der Waals surface area (Å²) in [6.07, 6.45) is 0.0312. The second-order valence-electron chi connectivity index (χ2n) is 5.96. The molecule has 0 saturated carbocycles. The van der Waals surface area contributed by atoms with Crippen LogP contribution in [0.2, 0.25) is 0 Å². The molecule has 1 aromatic heterocycles. The van der Waals surface area contributed by atoms with Gasteiger partial charge < -0.3 is 14.8 Å². The Kier molecular flexibility index (Phi) is 5.88. The minimum Gasteiger partial charge on any atom is -0.497 e. The molecule has 6 nitrogen and oxygen atoms in total. The molecule has 2 N–H and O–H groups in total. The predicted molar refractivity (Wildman–Crippen MR) is 112 cm³/mol. The van der Waals surface area contributed by atoms with E-state index in [2.05, 4.69) is 15.6 Å². The minimum atomic E-state index is -0.315. The minimum absolute atomic E-state index is 0.0312. The zero-order valence-electron chi connectivity index (χ0n) is 15.1. The van der Waals surface area contributed by atoms with E-state index in [9.17, 15) is 4.79 Å².